The van der Waals surface area contributed by atoms with Crippen molar-refractivity contribution in [2.24, 2.45) is 0 Å². The van der Waals surface area contributed by atoms with E-state index in [2.05, 4.69) is 24.5 Å². The molecule has 1 heterocycles. The van der Waals surface area contributed by atoms with E-state index in [1.807, 2.05) is 47.4 Å². The van der Waals surface area contributed by atoms with Crippen molar-refractivity contribution in [2.45, 2.75) is 6.92 Å². The number of benzene rings is 1. The van der Waals surface area contributed by atoms with Gasteiger partial charge in [-0.2, -0.15) is 5.43 Å². The molecule has 1 N–H and O–H groups in total. The van der Waals surface area contributed by atoms with Gasteiger partial charge in [-0.15, -0.1) is 0 Å². The van der Waals surface area contributed by atoms with Crippen LogP contribution in [0.1, 0.15) is 5.56 Å². The zero-order chi connectivity index (χ0) is 9.80. The molecule has 70 valence electrons. The van der Waals surface area contributed by atoms with E-state index in [4.69, 9.17) is 0 Å². The number of aryl methyl sites for hydroxylation is 1. The third-order valence-corrected chi connectivity index (χ3v) is 1.99. The zero-order valence-electron chi connectivity index (χ0n) is 8.14. The first-order chi connectivity index (χ1) is 6.84. The highest BCUT2D eigenvalue weighted by atomic mass is 15.4. The minimum Gasteiger partial charge on any atom is -0.161 e. The molecule has 0 spiro atoms. The van der Waals surface area contributed by atoms with E-state index in [-0.39, 0.29) is 0 Å². The molecule has 0 fully saturated rings. The second kappa shape index (κ2) is 3.92. The molecule has 0 aliphatic carbocycles. The van der Waals surface area contributed by atoms with Crippen LogP contribution in [0.15, 0.2) is 54.9 Å². The number of pyridine rings is 1. The molecule has 0 saturated carbocycles. The van der Waals surface area contributed by atoms with Gasteiger partial charge in [0.1, 0.15) is 0 Å². The van der Waals surface area contributed by atoms with Crippen LogP contribution in [0.3, 0.4) is 0 Å². The highest BCUT2D eigenvalue weighted by Gasteiger charge is 1.97. The van der Waals surface area contributed by atoms with Gasteiger partial charge in [-0.3, -0.25) is 0 Å². The molecular formula is C12H13N2+. The summed E-state index contributed by atoms with van der Waals surface area (Å²) >= 11 is 0. The molecule has 0 radical (unpaired) electrons. The molecule has 2 rings (SSSR count). The number of aromatic nitrogens is 1. The van der Waals surface area contributed by atoms with E-state index >= 15 is 0 Å². The van der Waals surface area contributed by atoms with Crippen LogP contribution < -0.4 is 10.1 Å². The van der Waals surface area contributed by atoms with Crippen molar-refractivity contribution < 1.29 is 4.68 Å². The summed E-state index contributed by atoms with van der Waals surface area (Å²) in [6, 6.07) is 14.3. The number of hydrogen-bond donors (Lipinski definition) is 1. The van der Waals surface area contributed by atoms with Crippen LogP contribution in [0, 0.1) is 6.92 Å². The van der Waals surface area contributed by atoms with Gasteiger partial charge in [0.2, 0.25) is 0 Å². The van der Waals surface area contributed by atoms with Gasteiger partial charge in [-0.05, 0) is 24.6 Å². The smallest absolute Gasteiger partial charge is 0.161 e. The van der Waals surface area contributed by atoms with E-state index in [1.165, 1.54) is 5.56 Å². The van der Waals surface area contributed by atoms with Crippen LogP contribution in [0.4, 0.5) is 5.69 Å². The Labute approximate surface area is 83.8 Å². The summed E-state index contributed by atoms with van der Waals surface area (Å²) in [6.07, 6.45) is 3.95. The monoisotopic (exact) mass is 185 g/mol. The molecule has 0 amide bonds. The maximum atomic E-state index is 3.26. The molecule has 2 nitrogen and oxygen atoms in total. The summed E-state index contributed by atoms with van der Waals surface area (Å²) in [5.41, 5.74) is 5.62. The fraction of sp³-hybridized carbons (Fsp3) is 0.0833. The molecular weight excluding hydrogens is 172 g/mol. The van der Waals surface area contributed by atoms with E-state index in [0.717, 1.165) is 5.69 Å². The molecule has 1 aromatic carbocycles. The molecule has 0 unspecified atom stereocenters. The fourth-order valence-corrected chi connectivity index (χ4v) is 1.34. The summed E-state index contributed by atoms with van der Waals surface area (Å²) < 4.78 is 1.93. The maximum Gasteiger partial charge on any atom is 0.199 e. The van der Waals surface area contributed by atoms with Crippen LogP contribution in [0.5, 0.6) is 0 Å². The second-order valence-corrected chi connectivity index (χ2v) is 3.26. The average molecular weight is 185 g/mol. The molecule has 0 bridgehead atoms. The Morgan fingerprint density at radius 1 is 1.00 bits per heavy atom. The predicted octanol–water partition coefficient (Wildman–Crippen LogP) is 2.16. The minimum atomic E-state index is 1.10. The van der Waals surface area contributed by atoms with Crippen LogP contribution >= 0.6 is 0 Å². The Hall–Kier alpha value is -1.83. The Balaban J connectivity index is 2.19. The number of hydrogen-bond acceptors (Lipinski definition) is 1. The normalized spacial score (nSPS) is 9.79. The second-order valence-electron chi connectivity index (χ2n) is 3.26. The third-order valence-electron chi connectivity index (χ3n) is 1.99. The van der Waals surface area contributed by atoms with Gasteiger partial charge >= 0.3 is 0 Å². The molecule has 0 aliphatic heterocycles. The molecule has 1 aromatic heterocycles. The van der Waals surface area contributed by atoms with Gasteiger partial charge < -0.3 is 0 Å². The average Bonchev–Trinajstić information content (AvgIpc) is 2.19. The van der Waals surface area contributed by atoms with Crippen molar-refractivity contribution in [3.05, 3.63) is 60.4 Å². The number of rotatable bonds is 2. The van der Waals surface area contributed by atoms with Gasteiger partial charge in [0, 0.05) is 12.1 Å². The van der Waals surface area contributed by atoms with Crippen molar-refractivity contribution in [3.63, 3.8) is 0 Å². The summed E-state index contributed by atoms with van der Waals surface area (Å²) in [4.78, 5) is 0. The molecule has 0 saturated heterocycles. The largest absolute Gasteiger partial charge is 0.199 e. The highest BCUT2D eigenvalue weighted by molar-refractivity contribution is 5.42. The summed E-state index contributed by atoms with van der Waals surface area (Å²) in [7, 11) is 0. The molecule has 2 heteroatoms. The van der Waals surface area contributed by atoms with E-state index in [1.54, 1.807) is 0 Å². The maximum absolute atomic E-state index is 3.26. The van der Waals surface area contributed by atoms with Crippen molar-refractivity contribution in [1.29, 1.82) is 0 Å². The standard InChI is InChI=1S/C12H13N2/c1-11-6-5-7-12(10-11)13-14-8-3-2-4-9-14/h2-10,13H,1H3/q+1. The molecule has 0 atom stereocenters. The highest BCUT2D eigenvalue weighted by Crippen LogP contribution is 2.07. The van der Waals surface area contributed by atoms with E-state index in [9.17, 15) is 0 Å². The zero-order valence-corrected chi connectivity index (χ0v) is 8.14. The Kier molecular flexibility index (Phi) is 2.45. The van der Waals surface area contributed by atoms with Gasteiger partial charge in [0.15, 0.2) is 12.4 Å². The van der Waals surface area contributed by atoms with Crippen molar-refractivity contribution in [3.8, 4) is 0 Å². The SMILES string of the molecule is Cc1cccc(N[n+]2ccccc2)c1. The van der Waals surface area contributed by atoms with Gasteiger partial charge in [0.05, 0.1) is 5.69 Å². The number of nitrogens with one attached hydrogen (secondary N) is 1. The lowest BCUT2D eigenvalue weighted by atomic mass is 10.2. The molecule has 0 aliphatic rings. The van der Waals surface area contributed by atoms with Crippen LogP contribution in [0.25, 0.3) is 0 Å². The lowest BCUT2D eigenvalue weighted by Crippen LogP contribution is -2.41. The number of nitrogens with zero attached hydrogens (tertiary/aromatic N) is 1. The van der Waals surface area contributed by atoms with Crippen LogP contribution in [-0.2, 0) is 0 Å². The summed E-state index contributed by atoms with van der Waals surface area (Å²) in [5, 5.41) is 0. The van der Waals surface area contributed by atoms with E-state index in [0.29, 0.717) is 0 Å². The lowest BCUT2D eigenvalue weighted by molar-refractivity contribution is -0.642. The van der Waals surface area contributed by atoms with Crippen molar-refractivity contribution >= 4 is 5.69 Å². The van der Waals surface area contributed by atoms with Gasteiger partial charge in [-0.25, -0.2) is 0 Å². The van der Waals surface area contributed by atoms with Crippen molar-refractivity contribution in [2.75, 3.05) is 5.43 Å². The minimum absolute atomic E-state index is 1.10. The number of anilines is 1. The Morgan fingerprint density at radius 3 is 2.50 bits per heavy atom. The first-order valence-electron chi connectivity index (χ1n) is 4.64. The summed E-state index contributed by atoms with van der Waals surface area (Å²) in [5.74, 6) is 0. The Bertz CT molecular complexity index is 410. The topological polar surface area (TPSA) is 15.9 Å². The fourth-order valence-electron chi connectivity index (χ4n) is 1.34. The van der Waals surface area contributed by atoms with Gasteiger partial charge in [0.25, 0.3) is 0 Å². The summed E-state index contributed by atoms with van der Waals surface area (Å²) in [6.45, 7) is 2.08. The van der Waals surface area contributed by atoms with Gasteiger partial charge in [-0.1, -0.05) is 22.9 Å². The molecule has 14 heavy (non-hydrogen) atoms. The van der Waals surface area contributed by atoms with Crippen molar-refractivity contribution in [1.82, 2.24) is 0 Å². The predicted molar refractivity (Wildman–Crippen MR) is 56.8 cm³/mol. The lowest BCUT2D eigenvalue weighted by Gasteiger charge is -2.00. The van der Waals surface area contributed by atoms with Crippen LogP contribution in [0.2, 0.25) is 0 Å². The first-order valence-corrected chi connectivity index (χ1v) is 4.64. The Morgan fingerprint density at radius 2 is 1.79 bits per heavy atom. The van der Waals surface area contributed by atoms with E-state index < -0.39 is 0 Å². The molecule has 2 aromatic rings. The first kappa shape index (κ1) is 8.75. The quantitative estimate of drug-likeness (QED) is 0.709. The van der Waals surface area contributed by atoms with Crippen LogP contribution in [-0.4, -0.2) is 0 Å². The third kappa shape index (κ3) is 2.10.